The first kappa shape index (κ1) is 39.9. The SMILES string of the molecule is [B]C(=O)OCc1ccc(NC(=O)CNC(=O)C(Cc2ccccc2)NC(=O)CNC(=O)CNC(=O)CCCCCN2C(=O)CC(C)(C)C2=O)cc1. The first-order valence-corrected chi connectivity index (χ1v) is 16.5. The molecule has 2 aromatic rings. The fourth-order valence-corrected chi connectivity index (χ4v) is 5.13. The summed E-state index contributed by atoms with van der Waals surface area (Å²) in [6.45, 7) is 2.57. The quantitative estimate of drug-likeness (QED) is 0.0798. The lowest BCUT2D eigenvalue weighted by molar-refractivity contribution is -0.141. The Labute approximate surface area is 297 Å². The third-order valence-electron chi connectivity index (χ3n) is 7.87. The van der Waals surface area contributed by atoms with Gasteiger partial charge in [0.25, 0.3) is 0 Å². The molecule has 270 valence electrons. The zero-order valence-electron chi connectivity index (χ0n) is 28.8. The maximum atomic E-state index is 13.1. The van der Waals surface area contributed by atoms with E-state index in [1.54, 1.807) is 68.4 Å². The number of benzene rings is 2. The second-order valence-corrected chi connectivity index (χ2v) is 12.7. The molecule has 16 heteroatoms. The number of carbonyl (C=O) groups is 8. The van der Waals surface area contributed by atoms with E-state index in [-0.39, 0.29) is 56.7 Å². The van der Waals surface area contributed by atoms with Gasteiger partial charge in [-0.3, -0.25) is 43.3 Å². The highest BCUT2D eigenvalue weighted by Crippen LogP contribution is 2.31. The molecule has 2 aromatic carbocycles. The van der Waals surface area contributed by atoms with Gasteiger partial charge in [-0.2, -0.15) is 0 Å². The van der Waals surface area contributed by atoms with E-state index in [1.807, 2.05) is 0 Å². The molecular weight excluding hydrogens is 659 g/mol. The molecule has 1 saturated heterocycles. The van der Waals surface area contributed by atoms with Gasteiger partial charge in [-0.05, 0) is 36.1 Å². The lowest BCUT2D eigenvalue weighted by Gasteiger charge is -2.19. The monoisotopic (exact) mass is 702 g/mol. The van der Waals surface area contributed by atoms with Crippen LogP contribution in [0.2, 0.25) is 0 Å². The van der Waals surface area contributed by atoms with E-state index < -0.39 is 47.5 Å². The van der Waals surface area contributed by atoms with E-state index >= 15 is 0 Å². The summed E-state index contributed by atoms with van der Waals surface area (Å²) in [7, 11) is 4.95. The van der Waals surface area contributed by atoms with Crippen LogP contribution in [0.4, 0.5) is 10.5 Å². The molecule has 1 aliphatic rings. The van der Waals surface area contributed by atoms with Crippen molar-refractivity contribution in [2.24, 2.45) is 5.41 Å². The number of nitrogens with zero attached hydrogens (tertiary/aromatic N) is 1. The van der Waals surface area contributed by atoms with E-state index in [1.165, 1.54) is 4.90 Å². The lowest BCUT2D eigenvalue weighted by Crippen LogP contribution is -2.52. The van der Waals surface area contributed by atoms with Crippen molar-refractivity contribution in [1.82, 2.24) is 26.2 Å². The number of likely N-dealkylation sites (tertiary alicyclic amines) is 1. The number of anilines is 1. The van der Waals surface area contributed by atoms with Crippen molar-refractivity contribution in [3.63, 3.8) is 0 Å². The fourth-order valence-electron chi connectivity index (χ4n) is 5.13. The highest BCUT2D eigenvalue weighted by atomic mass is 16.5. The second-order valence-electron chi connectivity index (χ2n) is 12.7. The third-order valence-corrected chi connectivity index (χ3v) is 7.87. The van der Waals surface area contributed by atoms with Crippen molar-refractivity contribution in [2.45, 2.75) is 65.0 Å². The van der Waals surface area contributed by atoms with Crippen LogP contribution >= 0.6 is 0 Å². The van der Waals surface area contributed by atoms with Gasteiger partial charge in [0.2, 0.25) is 55.1 Å². The molecule has 1 unspecified atom stereocenters. The van der Waals surface area contributed by atoms with Gasteiger partial charge in [0.15, 0.2) is 0 Å². The van der Waals surface area contributed by atoms with Crippen molar-refractivity contribution in [2.75, 3.05) is 31.5 Å². The minimum Gasteiger partial charge on any atom is -0.470 e. The number of rotatable bonds is 19. The Morgan fingerprint density at radius 1 is 0.784 bits per heavy atom. The van der Waals surface area contributed by atoms with E-state index in [2.05, 4.69) is 26.6 Å². The first-order valence-electron chi connectivity index (χ1n) is 16.5. The largest absolute Gasteiger partial charge is 0.470 e. The normalized spacial score (nSPS) is 13.9. The number of imide groups is 1. The molecule has 1 fully saturated rings. The number of hydrogen-bond acceptors (Lipinski definition) is 9. The molecule has 1 heterocycles. The minimum atomic E-state index is -1.07. The fraction of sp³-hybridized carbons (Fsp3) is 0.429. The van der Waals surface area contributed by atoms with E-state index in [4.69, 9.17) is 12.6 Å². The van der Waals surface area contributed by atoms with Crippen molar-refractivity contribution in [1.29, 1.82) is 0 Å². The topological polar surface area (TPSA) is 209 Å². The van der Waals surface area contributed by atoms with Crippen LogP contribution in [0.25, 0.3) is 0 Å². The Morgan fingerprint density at radius 2 is 1.43 bits per heavy atom. The molecular formula is C35H43BN6O9. The van der Waals surface area contributed by atoms with Crippen LogP contribution in [0.15, 0.2) is 54.6 Å². The van der Waals surface area contributed by atoms with Crippen LogP contribution in [-0.2, 0) is 51.3 Å². The van der Waals surface area contributed by atoms with E-state index in [9.17, 15) is 38.4 Å². The van der Waals surface area contributed by atoms with Gasteiger partial charge in [-0.15, -0.1) is 0 Å². The van der Waals surface area contributed by atoms with Gasteiger partial charge < -0.3 is 31.3 Å². The number of amides is 7. The number of nitrogens with one attached hydrogen (secondary N) is 5. The molecule has 0 spiro atoms. The predicted molar refractivity (Wildman–Crippen MR) is 186 cm³/mol. The van der Waals surface area contributed by atoms with Gasteiger partial charge in [-0.1, -0.05) is 62.7 Å². The van der Waals surface area contributed by atoms with Crippen LogP contribution in [0, 0.1) is 5.41 Å². The van der Waals surface area contributed by atoms with Gasteiger partial charge in [0, 0.05) is 31.5 Å². The average Bonchev–Trinajstić information content (AvgIpc) is 3.29. The number of carbonyl (C=O) groups excluding carboxylic acids is 8. The molecule has 7 amide bonds. The summed E-state index contributed by atoms with van der Waals surface area (Å²) in [6.07, 6.45) is 2.14. The van der Waals surface area contributed by atoms with Crippen molar-refractivity contribution >= 4 is 60.8 Å². The molecule has 0 aliphatic carbocycles. The Bertz CT molecular complexity index is 1580. The van der Waals surface area contributed by atoms with Crippen molar-refractivity contribution in [3.05, 3.63) is 65.7 Å². The van der Waals surface area contributed by atoms with Gasteiger partial charge in [-0.25, -0.2) is 0 Å². The molecule has 2 radical (unpaired) electrons. The predicted octanol–water partition coefficient (Wildman–Crippen LogP) is 0.852. The maximum Gasteiger partial charge on any atom is 0.243 e. The molecule has 0 aromatic heterocycles. The minimum absolute atomic E-state index is 0.0229. The number of unbranched alkanes of at least 4 members (excludes halogenated alkanes) is 2. The van der Waals surface area contributed by atoms with E-state index in [0.717, 1.165) is 5.56 Å². The molecule has 1 atom stereocenters. The summed E-state index contributed by atoms with van der Waals surface area (Å²) in [5.74, 6) is -4.05. The Balaban J connectivity index is 1.37. The van der Waals surface area contributed by atoms with Crippen LogP contribution in [0.5, 0.6) is 0 Å². The van der Waals surface area contributed by atoms with Crippen molar-refractivity contribution < 1.29 is 43.1 Å². The number of ether oxygens (including phenoxy) is 1. The lowest BCUT2D eigenvalue weighted by atomic mass is 9.92. The molecule has 0 bridgehead atoms. The van der Waals surface area contributed by atoms with Gasteiger partial charge in [0.1, 0.15) is 12.6 Å². The Morgan fingerprint density at radius 3 is 2.08 bits per heavy atom. The summed E-state index contributed by atoms with van der Waals surface area (Å²) in [5.41, 5.74) is 1.16. The van der Waals surface area contributed by atoms with Crippen LogP contribution in [0.3, 0.4) is 0 Å². The smallest absolute Gasteiger partial charge is 0.243 e. The molecule has 5 N–H and O–H groups in total. The standard InChI is InChI=1S/C35H43BN6O9/c1-35(2)18-31(47)42(33(35)49)16-8-4-7-11-27(43)37-19-28(44)38-20-30(46)41-26(17-23-9-5-3-6-10-23)32(48)39-21-29(45)40-25-14-12-24(13-15-25)22-51-34(36)50/h3,5-6,9-10,12-15,26H,4,7-8,11,16-22H2,1-2H3,(H,37,43)(H,38,44)(H,39,48)(H,40,45)(H,41,46). The molecule has 0 saturated carbocycles. The van der Waals surface area contributed by atoms with Crippen molar-refractivity contribution in [3.8, 4) is 0 Å². The zero-order chi connectivity index (χ0) is 37.4. The van der Waals surface area contributed by atoms with Crippen LogP contribution < -0.4 is 26.6 Å². The summed E-state index contributed by atoms with van der Waals surface area (Å²) in [6, 6.07) is 14.3. The molecule has 51 heavy (non-hydrogen) atoms. The van der Waals surface area contributed by atoms with Crippen LogP contribution in [-0.4, -0.2) is 92.2 Å². The summed E-state index contributed by atoms with van der Waals surface area (Å²) >= 11 is 0. The molecule has 3 rings (SSSR count). The highest BCUT2D eigenvalue weighted by Gasteiger charge is 2.44. The number of hydrogen-bond donors (Lipinski definition) is 5. The Kier molecular flexibility index (Phi) is 15.3. The summed E-state index contributed by atoms with van der Waals surface area (Å²) in [4.78, 5) is 99.1. The summed E-state index contributed by atoms with van der Waals surface area (Å²) < 4.78 is 4.71. The highest BCUT2D eigenvalue weighted by molar-refractivity contribution is 6.55. The van der Waals surface area contributed by atoms with Crippen LogP contribution in [0.1, 0.15) is 57.1 Å². The first-order chi connectivity index (χ1) is 24.2. The van der Waals surface area contributed by atoms with E-state index in [0.29, 0.717) is 37.1 Å². The Hall–Kier alpha value is -5.54. The van der Waals surface area contributed by atoms with Gasteiger partial charge in [0.05, 0.1) is 25.0 Å². The third kappa shape index (κ3) is 14.1. The zero-order valence-corrected chi connectivity index (χ0v) is 28.8. The maximum absolute atomic E-state index is 13.1. The summed E-state index contributed by atoms with van der Waals surface area (Å²) in [5, 5.41) is 12.6. The second kappa shape index (κ2) is 19.6. The molecule has 1 aliphatic heterocycles. The molecule has 15 nitrogen and oxygen atoms in total. The average molecular weight is 703 g/mol. The van der Waals surface area contributed by atoms with Gasteiger partial charge >= 0.3 is 0 Å².